The summed E-state index contributed by atoms with van der Waals surface area (Å²) in [6.07, 6.45) is 2.29. The molecule has 0 bridgehead atoms. The van der Waals surface area contributed by atoms with Crippen molar-refractivity contribution in [2.75, 3.05) is 20.2 Å². The Bertz CT molecular complexity index is 681. The van der Waals surface area contributed by atoms with Crippen LogP contribution in [0.1, 0.15) is 29.7 Å². The predicted molar refractivity (Wildman–Crippen MR) is 83.9 cm³/mol. The largest absolute Gasteiger partial charge is 0.496 e. The zero-order valence-electron chi connectivity index (χ0n) is 13.2. The maximum atomic E-state index is 5.49. The second kappa shape index (κ2) is 5.39. The van der Waals surface area contributed by atoms with Crippen LogP contribution in [0.4, 0.5) is 0 Å². The molecule has 2 aliphatic rings. The van der Waals surface area contributed by atoms with Crippen molar-refractivity contribution in [3.8, 4) is 5.75 Å². The van der Waals surface area contributed by atoms with Crippen LogP contribution in [0.5, 0.6) is 5.75 Å². The first-order valence-corrected chi connectivity index (χ1v) is 8.01. The van der Waals surface area contributed by atoms with Gasteiger partial charge >= 0.3 is 0 Å². The number of hydrogen-bond acceptors (Lipinski definition) is 4. The van der Waals surface area contributed by atoms with E-state index < -0.39 is 0 Å². The molecule has 116 valence electrons. The van der Waals surface area contributed by atoms with Gasteiger partial charge in [0.2, 0.25) is 0 Å². The van der Waals surface area contributed by atoms with Crippen LogP contribution in [0.3, 0.4) is 0 Å². The van der Waals surface area contributed by atoms with E-state index in [1.807, 2.05) is 12.1 Å². The highest BCUT2D eigenvalue weighted by Crippen LogP contribution is 2.37. The van der Waals surface area contributed by atoms with Crippen LogP contribution >= 0.6 is 0 Å². The van der Waals surface area contributed by atoms with Gasteiger partial charge in [-0.15, -0.1) is 10.2 Å². The number of likely N-dealkylation sites (tertiary alicyclic amines) is 1. The minimum absolute atomic E-state index is 0.536. The lowest BCUT2D eigenvalue weighted by Crippen LogP contribution is -2.26. The number of ether oxygens (including phenoxy) is 1. The average molecular weight is 298 g/mol. The normalized spacial score (nSPS) is 24.1. The van der Waals surface area contributed by atoms with E-state index in [-0.39, 0.29) is 0 Å². The van der Waals surface area contributed by atoms with Crippen LogP contribution in [0.15, 0.2) is 24.3 Å². The van der Waals surface area contributed by atoms with Gasteiger partial charge in [-0.05, 0) is 25.3 Å². The molecule has 5 nitrogen and oxygen atoms in total. The molecule has 5 heteroatoms. The van der Waals surface area contributed by atoms with Gasteiger partial charge in [-0.25, -0.2) is 0 Å². The van der Waals surface area contributed by atoms with Gasteiger partial charge in [0, 0.05) is 31.6 Å². The van der Waals surface area contributed by atoms with E-state index in [0.717, 1.165) is 49.4 Å². The number of rotatable bonds is 3. The van der Waals surface area contributed by atoms with Crippen LogP contribution < -0.4 is 4.74 Å². The molecular weight excluding hydrogens is 276 g/mol. The molecule has 0 radical (unpaired) electrons. The number of aromatic nitrogens is 3. The summed E-state index contributed by atoms with van der Waals surface area (Å²) in [7, 11) is 1.75. The molecule has 3 heterocycles. The van der Waals surface area contributed by atoms with Crippen LogP contribution in [-0.4, -0.2) is 39.9 Å². The lowest BCUT2D eigenvalue weighted by molar-refractivity contribution is 0.305. The Morgan fingerprint density at radius 2 is 2.09 bits per heavy atom. The Kier molecular flexibility index (Phi) is 3.37. The summed E-state index contributed by atoms with van der Waals surface area (Å²) in [6.45, 7) is 5.25. The summed E-state index contributed by atoms with van der Waals surface area (Å²) < 4.78 is 7.86. The third-order valence-electron chi connectivity index (χ3n) is 5.08. The smallest absolute Gasteiger partial charge is 0.133 e. The van der Waals surface area contributed by atoms with Crippen molar-refractivity contribution in [2.24, 2.45) is 5.92 Å². The molecule has 22 heavy (non-hydrogen) atoms. The number of hydrogen-bond donors (Lipinski definition) is 0. The van der Waals surface area contributed by atoms with E-state index in [1.54, 1.807) is 7.11 Å². The predicted octanol–water partition coefficient (Wildman–Crippen LogP) is 2.21. The molecule has 1 saturated heterocycles. The van der Waals surface area contributed by atoms with Crippen molar-refractivity contribution >= 4 is 0 Å². The van der Waals surface area contributed by atoms with Crippen LogP contribution in [0.2, 0.25) is 0 Å². The first-order valence-electron chi connectivity index (χ1n) is 8.01. The second-order valence-electron chi connectivity index (χ2n) is 6.41. The fraction of sp³-hybridized carbons (Fsp3) is 0.529. The Labute approximate surface area is 130 Å². The molecule has 0 unspecified atom stereocenters. The number of aryl methyl sites for hydroxylation is 2. The van der Waals surface area contributed by atoms with Gasteiger partial charge in [-0.2, -0.15) is 0 Å². The SMILES string of the molecule is COc1ccccc1CN1C[C@H]2CCc3nnc(C)n3[C@H]2C1. The highest BCUT2D eigenvalue weighted by atomic mass is 16.5. The van der Waals surface area contributed by atoms with Gasteiger partial charge in [0.25, 0.3) is 0 Å². The lowest BCUT2D eigenvalue weighted by atomic mass is 9.94. The monoisotopic (exact) mass is 298 g/mol. The second-order valence-corrected chi connectivity index (χ2v) is 6.41. The van der Waals surface area contributed by atoms with Crippen LogP contribution in [0.25, 0.3) is 0 Å². The highest BCUT2D eigenvalue weighted by molar-refractivity contribution is 5.33. The quantitative estimate of drug-likeness (QED) is 0.871. The minimum Gasteiger partial charge on any atom is -0.496 e. The van der Waals surface area contributed by atoms with Crippen molar-refractivity contribution in [1.82, 2.24) is 19.7 Å². The Balaban J connectivity index is 1.55. The fourth-order valence-corrected chi connectivity index (χ4v) is 4.05. The molecule has 2 aromatic rings. The maximum absolute atomic E-state index is 5.49. The summed E-state index contributed by atoms with van der Waals surface area (Å²) >= 11 is 0. The first-order chi connectivity index (χ1) is 10.8. The van der Waals surface area contributed by atoms with Crippen molar-refractivity contribution in [2.45, 2.75) is 32.4 Å². The number of methoxy groups -OCH3 is 1. The molecule has 0 saturated carbocycles. The standard InChI is InChI=1S/C17H22N4O/c1-12-18-19-17-8-7-13-9-20(11-15(13)21(12)17)10-14-5-3-4-6-16(14)22-2/h3-6,13,15H,7-11H2,1-2H3/t13-,15+/m1/s1. The topological polar surface area (TPSA) is 43.2 Å². The van der Waals surface area contributed by atoms with Crippen molar-refractivity contribution in [3.05, 3.63) is 41.5 Å². The summed E-state index contributed by atoms with van der Waals surface area (Å²) in [5.41, 5.74) is 1.27. The molecule has 0 aliphatic carbocycles. The van der Waals surface area contributed by atoms with E-state index in [9.17, 15) is 0 Å². The van der Waals surface area contributed by atoms with Gasteiger partial charge < -0.3 is 9.30 Å². The molecule has 0 N–H and O–H groups in total. The molecule has 2 atom stereocenters. The number of nitrogens with zero attached hydrogens (tertiary/aromatic N) is 4. The van der Waals surface area contributed by atoms with E-state index in [4.69, 9.17) is 4.74 Å². The van der Waals surface area contributed by atoms with E-state index in [1.165, 1.54) is 12.0 Å². The first kappa shape index (κ1) is 13.8. The Hall–Kier alpha value is -1.88. The number of para-hydroxylation sites is 1. The van der Waals surface area contributed by atoms with E-state index in [2.05, 4.69) is 38.7 Å². The Morgan fingerprint density at radius 3 is 2.95 bits per heavy atom. The third-order valence-corrected chi connectivity index (χ3v) is 5.08. The van der Waals surface area contributed by atoms with Gasteiger partial charge in [0.05, 0.1) is 13.2 Å². The van der Waals surface area contributed by atoms with E-state index in [0.29, 0.717) is 6.04 Å². The lowest BCUT2D eigenvalue weighted by Gasteiger charge is -2.27. The van der Waals surface area contributed by atoms with Gasteiger partial charge in [0.15, 0.2) is 0 Å². The van der Waals surface area contributed by atoms with Crippen molar-refractivity contribution in [3.63, 3.8) is 0 Å². The highest BCUT2D eigenvalue weighted by Gasteiger charge is 2.38. The minimum atomic E-state index is 0.536. The molecule has 1 aromatic heterocycles. The summed E-state index contributed by atoms with van der Waals surface area (Å²) in [5.74, 6) is 3.93. The van der Waals surface area contributed by atoms with Crippen molar-refractivity contribution in [1.29, 1.82) is 0 Å². The molecule has 0 amide bonds. The molecule has 0 spiro atoms. The average Bonchev–Trinajstić information content (AvgIpc) is 3.11. The summed E-state index contributed by atoms with van der Waals surface area (Å²) in [5, 5.41) is 8.60. The number of benzene rings is 1. The molecule has 1 fully saturated rings. The van der Waals surface area contributed by atoms with Gasteiger partial charge in [0.1, 0.15) is 17.4 Å². The molecule has 4 rings (SSSR count). The third kappa shape index (κ3) is 2.20. The summed E-state index contributed by atoms with van der Waals surface area (Å²) in [4.78, 5) is 2.54. The van der Waals surface area contributed by atoms with E-state index >= 15 is 0 Å². The summed E-state index contributed by atoms with van der Waals surface area (Å²) in [6, 6.07) is 8.85. The molecular formula is C17H22N4O. The number of fused-ring (bicyclic) bond motifs is 3. The zero-order valence-corrected chi connectivity index (χ0v) is 13.2. The van der Waals surface area contributed by atoms with Crippen LogP contribution in [0, 0.1) is 12.8 Å². The maximum Gasteiger partial charge on any atom is 0.133 e. The van der Waals surface area contributed by atoms with Crippen LogP contribution in [-0.2, 0) is 13.0 Å². The molecule has 2 aliphatic heterocycles. The van der Waals surface area contributed by atoms with Gasteiger partial charge in [-0.1, -0.05) is 18.2 Å². The fourth-order valence-electron chi connectivity index (χ4n) is 4.05. The molecule has 1 aromatic carbocycles. The zero-order chi connectivity index (χ0) is 15.1. The van der Waals surface area contributed by atoms with Crippen molar-refractivity contribution < 1.29 is 4.74 Å². The van der Waals surface area contributed by atoms with Gasteiger partial charge in [-0.3, -0.25) is 4.90 Å². The Morgan fingerprint density at radius 1 is 1.23 bits per heavy atom.